The molecule has 8 heteroatoms. The van der Waals surface area contributed by atoms with Crippen molar-refractivity contribution in [2.45, 2.75) is 24.7 Å². The van der Waals surface area contributed by atoms with Gasteiger partial charge in [0.2, 0.25) is 21.7 Å². The van der Waals surface area contributed by atoms with Gasteiger partial charge in [0.25, 0.3) is 0 Å². The fraction of sp³-hybridized carbons (Fsp3) is 0.316. The Kier molecular flexibility index (Phi) is 4.53. The Morgan fingerprint density at radius 1 is 1.15 bits per heavy atom. The molecule has 0 radical (unpaired) electrons. The van der Waals surface area contributed by atoms with Crippen molar-refractivity contribution >= 4 is 10.0 Å². The number of sulfonamides is 1. The van der Waals surface area contributed by atoms with E-state index >= 15 is 0 Å². The summed E-state index contributed by atoms with van der Waals surface area (Å²) in [5.41, 5.74) is 1.79. The zero-order valence-electron chi connectivity index (χ0n) is 15.1. The van der Waals surface area contributed by atoms with Gasteiger partial charge >= 0.3 is 0 Å². The van der Waals surface area contributed by atoms with Crippen molar-refractivity contribution in [3.8, 4) is 11.4 Å². The Morgan fingerprint density at radius 3 is 2.63 bits per heavy atom. The van der Waals surface area contributed by atoms with E-state index in [0.29, 0.717) is 29.7 Å². The predicted octanol–water partition coefficient (Wildman–Crippen LogP) is 2.86. The lowest BCUT2D eigenvalue weighted by molar-refractivity contribution is 0.338. The minimum absolute atomic E-state index is 0.0763. The lowest BCUT2D eigenvalue weighted by Crippen LogP contribution is -2.29. The highest BCUT2D eigenvalue weighted by Gasteiger charge is 2.40. The van der Waals surface area contributed by atoms with Crippen LogP contribution in [0.15, 0.2) is 58.2 Å². The van der Waals surface area contributed by atoms with Gasteiger partial charge in [-0.1, -0.05) is 29.8 Å². The molecule has 1 fully saturated rings. The fourth-order valence-corrected chi connectivity index (χ4v) is 4.86. The third kappa shape index (κ3) is 3.38. The average molecular weight is 384 g/mol. The van der Waals surface area contributed by atoms with Crippen molar-refractivity contribution < 1.29 is 12.9 Å². The Morgan fingerprint density at radius 2 is 1.93 bits per heavy atom. The van der Waals surface area contributed by atoms with Crippen LogP contribution in [0.25, 0.3) is 11.4 Å². The van der Waals surface area contributed by atoms with Crippen molar-refractivity contribution in [3.05, 3.63) is 60.2 Å². The summed E-state index contributed by atoms with van der Waals surface area (Å²) >= 11 is 0. The molecule has 27 heavy (non-hydrogen) atoms. The molecule has 0 amide bonds. The number of pyridine rings is 1. The van der Waals surface area contributed by atoms with Crippen LogP contribution in [-0.2, 0) is 10.0 Å². The summed E-state index contributed by atoms with van der Waals surface area (Å²) in [6.45, 7) is 4.68. The zero-order chi connectivity index (χ0) is 19.0. The highest BCUT2D eigenvalue weighted by molar-refractivity contribution is 7.89. The quantitative estimate of drug-likeness (QED) is 0.687. The van der Waals surface area contributed by atoms with Gasteiger partial charge in [-0.05, 0) is 37.1 Å². The second kappa shape index (κ2) is 6.86. The van der Waals surface area contributed by atoms with E-state index in [-0.39, 0.29) is 11.8 Å². The third-order valence-corrected chi connectivity index (χ3v) is 6.76. The fourth-order valence-electron chi connectivity index (χ4n) is 3.30. The molecule has 0 spiro atoms. The van der Waals surface area contributed by atoms with E-state index in [9.17, 15) is 8.42 Å². The Balaban J connectivity index is 1.57. The minimum Gasteiger partial charge on any atom is -0.339 e. The Bertz CT molecular complexity index is 1030. The lowest BCUT2D eigenvalue weighted by atomic mass is 9.98. The minimum atomic E-state index is -3.54. The molecular weight excluding hydrogens is 364 g/mol. The third-order valence-electron chi connectivity index (χ3n) is 4.92. The van der Waals surface area contributed by atoms with E-state index in [1.54, 1.807) is 30.6 Å². The van der Waals surface area contributed by atoms with Gasteiger partial charge < -0.3 is 4.52 Å². The standard InChI is InChI=1S/C19H20N4O3S/c1-13-5-7-16(8-6-13)27(24,25)23-11-14(2)17(12-23)19-21-18(22-26-19)15-4-3-9-20-10-15/h3-10,14,17H,11-12H2,1-2H3. The van der Waals surface area contributed by atoms with E-state index in [1.165, 1.54) is 4.31 Å². The molecule has 2 unspecified atom stereocenters. The number of aromatic nitrogens is 3. The van der Waals surface area contributed by atoms with E-state index in [4.69, 9.17) is 4.52 Å². The maximum absolute atomic E-state index is 12.9. The van der Waals surface area contributed by atoms with Gasteiger partial charge in [0, 0.05) is 31.0 Å². The molecule has 3 heterocycles. The van der Waals surface area contributed by atoms with E-state index in [1.807, 2.05) is 32.0 Å². The molecule has 4 rings (SSSR count). The van der Waals surface area contributed by atoms with Gasteiger partial charge in [-0.25, -0.2) is 8.42 Å². The Hall–Kier alpha value is -2.58. The molecule has 1 aromatic carbocycles. The molecule has 1 aliphatic heterocycles. The smallest absolute Gasteiger partial charge is 0.243 e. The van der Waals surface area contributed by atoms with Gasteiger partial charge in [0.05, 0.1) is 10.8 Å². The summed E-state index contributed by atoms with van der Waals surface area (Å²) in [4.78, 5) is 8.84. The zero-order valence-corrected chi connectivity index (χ0v) is 15.9. The van der Waals surface area contributed by atoms with Crippen LogP contribution < -0.4 is 0 Å². The van der Waals surface area contributed by atoms with Gasteiger partial charge in [-0.2, -0.15) is 9.29 Å². The first-order valence-electron chi connectivity index (χ1n) is 8.76. The van der Waals surface area contributed by atoms with Crippen LogP contribution in [0.5, 0.6) is 0 Å². The number of nitrogens with zero attached hydrogens (tertiary/aromatic N) is 4. The molecule has 0 aliphatic carbocycles. The number of benzene rings is 1. The predicted molar refractivity (Wildman–Crippen MR) is 99.4 cm³/mol. The number of rotatable bonds is 4. The molecule has 1 aliphatic rings. The highest BCUT2D eigenvalue weighted by Crippen LogP contribution is 2.35. The monoisotopic (exact) mass is 384 g/mol. The average Bonchev–Trinajstić information content (AvgIpc) is 3.30. The molecule has 7 nitrogen and oxygen atoms in total. The molecule has 2 atom stereocenters. The van der Waals surface area contributed by atoms with E-state index in [0.717, 1.165) is 11.1 Å². The molecule has 0 N–H and O–H groups in total. The van der Waals surface area contributed by atoms with Crippen LogP contribution in [0.2, 0.25) is 0 Å². The summed E-state index contributed by atoms with van der Waals surface area (Å²) < 4.78 is 32.8. The molecule has 2 aromatic heterocycles. The van der Waals surface area contributed by atoms with Crippen LogP contribution >= 0.6 is 0 Å². The summed E-state index contributed by atoms with van der Waals surface area (Å²) in [6, 6.07) is 10.6. The summed E-state index contributed by atoms with van der Waals surface area (Å²) in [6.07, 6.45) is 3.35. The molecule has 0 saturated carbocycles. The topological polar surface area (TPSA) is 89.2 Å². The second-order valence-corrected chi connectivity index (χ2v) is 8.85. The first-order valence-corrected chi connectivity index (χ1v) is 10.2. The molecule has 140 valence electrons. The van der Waals surface area contributed by atoms with Gasteiger partial charge in [0.15, 0.2) is 0 Å². The highest BCUT2D eigenvalue weighted by atomic mass is 32.2. The lowest BCUT2D eigenvalue weighted by Gasteiger charge is -2.16. The SMILES string of the molecule is Cc1ccc(S(=O)(=O)N2CC(C)C(c3nc(-c4cccnc4)no3)C2)cc1. The van der Waals surface area contributed by atoms with E-state index < -0.39 is 10.0 Å². The van der Waals surface area contributed by atoms with Gasteiger partial charge in [-0.15, -0.1) is 0 Å². The molecule has 0 bridgehead atoms. The number of aryl methyl sites for hydroxylation is 1. The first kappa shape index (κ1) is 17.8. The maximum atomic E-state index is 12.9. The van der Waals surface area contributed by atoms with Crippen LogP contribution in [0.1, 0.15) is 24.3 Å². The van der Waals surface area contributed by atoms with Crippen LogP contribution in [0.4, 0.5) is 0 Å². The maximum Gasteiger partial charge on any atom is 0.243 e. The van der Waals surface area contributed by atoms with Crippen molar-refractivity contribution in [2.24, 2.45) is 5.92 Å². The largest absolute Gasteiger partial charge is 0.339 e. The van der Waals surface area contributed by atoms with Crippen molar-refractivity contribution in [1.29, 1.82) is 0 Å². The van der Waals surface area contributed by atoms with Crippen LogP contribution in [0.3, 0.4) is 0 Å². The van der Waals surface area contributed by atoms with Crippen molar-refractivity contribution in [1.82, 2.24) is 19.4 Å². The molecule has 1 saturated heterocycles. The number of hydrogen-bond donors (Lipinski definition) is 0. The van der Waals surface area contributed by atoms with E-state index in [2.05, 4.69) is 15.1 Å². The molecule has 3 aromatic rings. The van der Waals surface area contributed by atoms with Crippen molar-refractivity contribution in [3.63, 3.8) is 0 Å². The van der Waals surface area contributed by atoms with Crippen LogP contribution in [0, 0.1) is 12.8 Å². The summed E-state index contributed by atoms with van der Waals surface area (Å²) in [5.74, 6) is 0.865. The second-order valence-electron chi connectivity index (χ2n) is 6.92. The number of hydrogen-bond acceptors (Lipinski definition) is 6. The normalized spacial score (nSPS) is 20.8. The summed E-state index contributed by atoms with van der Waals surface area (Å²) in [7, 11) is -3.54. The first-order chi connectivity index (χ1) is 12.9. The molecular formula is C19H20N4O3S. The van der Waals surface area contributed by atoms with Gasteiger partial charge in [-0.3, -0.25) is 4.98 Å². The summed E-state index contributed by atoms with van der Waals surface area (Å²) in [5, 5.41) is 4.03. The Labute approximate surface area is 158 Å². The van der Waals surface area contributed by atoms with Gasteiger partial charge in [0.1, 0.15) is 0 Å². The van der Waals surface area contributed by atoms with Crippen molar-refractivity contribution in [2.75, 3.05) is 13.1 Å². The van der Waals surface area contributed by atoms with Crippen LogP contribution in [-0.4, -0.2) is 40.9 Å².